The molecule has 3 aromatic carbocycles. The lowest BCUT2D eigenvalue weighted by atomic mass is 9.96. The highest BCUT2D eigenvalue weighted by Crippen LogP contribution is 2.48. The third kappa shape index (κ3) is 3.15. The zero-order valence-electron chi connectivity index (χ0n) is 16.7. The molecule has 2 atom stereocenters. The molecular weight excluding hydrogens is 400 g/mol. The molecule has 0 aliphatic carbocycles. The molecule has 0 aromatic heterocycles. The third-order valence-corrected chi connectivity index (χ3v) is 5.78. The summed E-state index contributed by atoms with van der Waals surface area (Å²) in [6, 6.07) is 21.9. The molecule has 0 bridgehead atoms. The van der Waals surface area contributed by atoms with Crippen molar-refractivity contribution in [1.82, 2.24) is 5.01 Å². The first-order valence-corrected chi connectivity index (χ1v) is 10.1. The maximum absolute atomic E-state index is 6.41. The Morgan fingerprint density at radius 3 is 2.60 bits per heavy atom. The molecule has 2 unspecified atom stereocenters. The first kappa shape index (κ1) is 18.8. The Hall–Kier alpha value is -3.18. The number of hydrazone groups is 1. The van der Waals surface area contributed by atoms with Crippen LogP contribution in [-0.4, -0.2) is 24.9 Å². The molecule has 30 heavy (non-hydrogen) atoms. The smallest absolute Gasteiger partial charge is 0.214 e. The first-order valence-electron chi connectivity index (χ1n) is 9.77. The van der Waals surface area contributed by atoms with E-state index in [0.717, 1.165) is 34.6 Å². The quantitative estimate of drug-likeness (QED) is 0.551. The molecule has 0 N–H and O–H groups in total. The normalized spacial score (nSPS) is 19.4. The number of fused-ring (bicyclic) bond motifs is 3. The summed E-state index contributed by atoms with van der Waals surface area (Å²) in [6.07, 6.45) is 0.409. The minimum absolute atomic E-state index is 0.0852. The molecule has 2 heterocycles. The van der Waals surface area contributed by atoms with Gasteiger partial charge in [0, 0.05) is 22.6 Å². The molecule has 2 aliphatic rings. The summed E-state index contributed by atoms with van der Waals surface area (Å²) in [5.41, 5.74) is 4.10. The molecule has 3 aromatic rings. The molecule has 152 valence electrons. The second-order valence-corrected chi connectivity index (χ2v) is 7.72. The predicted octanol–water partition coefficient (Wildman–Crippen LogP) is 5.60. The van der Waals surface area contributed by atoms with Gasteiger partial charge in [0.15, 0.2) is 11.5 Å². The second-order valence-electron chi connectivity index (χ2n) is 7.28. The first-order chi connectivity index (χ1) is 14.7. The van der Waals surface area contributed by atoms with Gasteiger partial charge in [-0.1, -0.05) is 41.9 Å². The monoisotopic (exact) mass is 420 g/mol. The van der Waals surface area contributed by atoms with Crippen LogP contribution in [0.3, 0.4) is 0 Å². The Morgan fingerprint density at radius 2 is 1.80 bits per heavy atom. The number of para-hydroxylation sites is 1. The van der Waals surface area contributed by atoms with E-state index in [9.17, 15) is 0 Å². The van der Waals surface area contributed by atoms with Crippen LogP contribution in [0.4, 0.5) is 0 Å². The zero-order chi connectivity index (χ0) is 20.7. The van der Waals surface area contributed by atoms with E-state index in [1.807, 2.05) is 65.7 Å². The van der Waals surface area contributed by atoms with Gasteiger partial charge in [-0.15, -0.1) is 0 Å². The Labute approximate surface area is 180 Å². The molecule has 0 fully saturated rings. The summed E-state index contributed by atoms with van der Waals surface area (Å²) >= 11 is 6.22. The number of hydrogen-bond donors (Lipinski definition) is 0. The molecular formula is C24H21ClN2O3. The second kappa shape index (κ2) is 7.58. The average Bonchev–Trinajstić information content (AvgIpc) is 3.24. The van der Waals surface area contributed by atoms with Gasteiger partial charge in [-0.3, -0.25) is 0 Å². The molecule has 0 saturated carbocycles. The van der Waals surface area contributed by atoms with Crippen molar-refractivity contribution in [3.05, 3.63) is 88.4 Å². The molecule has 2 aliphatic heterocycles. The van der Waals surface area contributed by atoms with Crippen molar-refractivity contribution in [3.63, 3.8) is 0 Å². The van der Waals surface area contributed by atoms with Crippen molar-refractivity contribution >= 4 is 17.3 Å². The van der Waals surface area contributed by atoms with Gasteiger partial charge >= 0.3 is 0 Å². The molecule has 0 spiro atoms. The van der Waals surface area contributed by atoms with Gasteiger partial charge in [0.05, 0.1) is 26.0 Å². The van der Waals surface area contributed by atoms with Gasteiger partial charge in [0.1, 0.15) is 5.75 Å². The molecule has 5 rings (SSSR count). The number of rotatable bonds is 4. The van der Waals surface area contributed by atoms with E-state index < -0.39 is 0 Å². The van der Waals surface area contributed by atoms with Gasteiger partial charge in [0.2, 0.25) is 6.23 Å². The summed E-state index contributed by atoms with van der Waals surface area (Å²) in [4.78, 5) is 0. The van der Waals surface area contributed by atoms with Crippen LogP contribution in [0.1, 0.15) is 35.4 Å². The largest absolute Gasteiger partial charge is 0.493 e. The Morgan fingerprint density at radius 1 is 0.967 bits per heavy atom. The number of nitrogens with zero attached hydrogens (tertiary/aromatic N) is 2. The zero-order valence-corrected chi connectivity index (χ0v) is 17.5. The summed E-state index contributed by atoms with van der Waals surface area (Å²) in [7, 11) is 3.26. The van der Waals surface area contributed by atoms with Crippen molar-refractivity contribution in [3.8, 4) is 17.2 Å². The fourth-order valence-corrected chi connectivity index (χ4v) is 4.29. The van der Waals surface area contributed by atoms with Gasteiger partial charge in [-0.25, -0.2) is 5.01 Å². The number of benzene rings is 3. The summed E-state index contributed by atoms with van der Waals surface area (Å²) < 4.78 is 17.3. The SMILES string of the molecule is COc1ccc(C2Oc3ccccc3C3CC(c4cccc(Cl)c4)=NN32)cc1OC. The lowest BCUT2D eigenvalue weighted by Crippen LogP contribution is -2.33. The van der Waals surface area contributed by atoms with Crippen LogP contribution in [0.2, 0.25) is 5.02 Å². The summed E-state index contributed by atoms with van der Waals surface area (Å²) in [5, 5.41) is 7.71. The topological polar surface area (TPSA) is 43.3 Å². The van der Waals surface area contributed by atoms with Crippen LogP contribution >= 0.6 is 11.6 Å². The maximum atomic E-state index is 6.41. The average molecular weight is 421 g/mol. The standard InChI is InChI=1S/C24H21ClN2O3/c1-28-22-11-10-16(13-23(22)29-2)24-27-20(18-8-3-4-9-21(18)30-24)14-19(26-27)15-6-5-7-17(25)12-15/h3-13,20,24H,14H2,1-2H3. The lowest BCUT2D eigenvalue weighted by Gasteiger charge is -2.38. The van der Waals surface area contributed by atoms with E-state index in [-0.39, 0.29) is 12.3 Å². The van der Waals surface area contributed by atoms with Crippen molar-refractivity contribution < 1.29 is 14.2 Å². The number of ether oxygens (including phenoxy) is 3. The van der Waals surface area contributed by atoms with Crippen molar-refractivity contribution in [1.29, 1.82) is 0 Å². The minimum Gasteiger partial charge on any atom is -0.493 e. The fourth-order valence-electron chi connectivity index (χ4n) is 4.10. The molecule has 5 nitrogen and oxygen atoms in total. The molecule has 6 heteroatoms. The van der Waals surface area contributed by atoms with E-state index in [1.165, 1.54) is 0 Å². The Balaban J connectivity index is 1.59. The van der Waals surface area contributed by atoms with Gasteiger partial charge < -0.3 is 14.2 Å². The van der Waals surface area contributed by atoms with Crippen LogP contribution in [0.15, 0.2) is 71.8 Å². The molecule has 0 amide bonds. The predicted molar refractivity (Wildman–Crippen MR) is 117 cm³/mol. The molecule has 0 radical (unpaired) electrons. The molecule has 0 saturated heterocycles. The highest BCUT2D eigenvalue weighted by atomic mass is 35.5. The van der Waals surface area contributed by atoms with Crippen molar-refractivity contribution in [2.45, 2.75) is 18.7 Å². The van der Waals surface area contributed by atoms with Gasteiger partial charge in [-0.05, 0) is 42.0 Å². The fraction of sp³-hybridized carbons (Fsp3) is 0.208. The van der Waals surface area contributed by atoms with Crippen molar-refractivity contribution in [2.24, 2.45) is 5.10 Å². The van der Waals surface area contributed by atoms with Crippen molar-refractivity contribution in [2.75, 3.05) is 14.2 Å². The van der Waals surface area contributed by atoms with Gasteiger partial charge in [-0.2, -0.15) is 5.10 Å². The van der Waals surface area contributed by atoms with E-state index in [1.54, 1.807) is 14.2 Å². The van der Waals surface area contributed by atoms with Crippen LogP contribution in [0, 0.1) is 0 Å². The van der Waals surface area contributed by atoms with Gasteiger partial charge in [0.25, 0.3) is 0 Å². The van der Waals surface area contributed by atoms with E-state index in [4.69, 9.17) is 30.9 Å². The Kier molecular flexibility index (Phi) is 4.75. The highest BCUT2D eigenvalue weighted by Gasteiger charge is 2.41. The number of methoxy groups -OCH3 is 2. The Bertz CT molecular complexity index is 1130. The summed E-state index contributed by atoms with van der Waals surface area (Å²) in [6.45, 7) is 0. The lowest BCUT2D eigenvalue weighted by molar-refractivity contribution is -0.0191. The maximum Gasteiger partial charge on any atom is 0.214 e. The van der Waals surface area contributed by atoms with Crippen LogP contribution < -0.4 is 14.2 Å². The van der Waals surface area contributed by atoms with Crippen LogP contribution in [0.25, 0.3) is 0 Å². The number of halogens is 1. The van der Waals surface area contributed by atoms with E-state index in [0.29, 0.717) is 16.5 Å². The minimum atomic E-state index is -0.374. The number of hydrogen-bond acceptors (Lipinski definition) is 5. The van der Waals surface area contributed by atoms with E-state index >= 15 is 0 Å². The van der Waals surface area contributed by atoms with E-state index in [2.05, 4.69) is 6.07 Å². The highest BCUT2D eigenvalue weighted by molar-refractivity contribution is 6.31. The third-order valence-electron chi connectivity index (χ3n) is 5.55. The van der Waals surface area contributed by atoms with Crippen LogP contribution in [-0.2, 0) is 0 Å². The summed E-state index contributed by atoms with van der Waals surface area (Å²) in [5.74, 6) is 2.21. The van der Waals surface area contributed by atoms with Crippen LogP contribution in [0.5, 0.6) is 17.2 Å².